The molecule has 0 aliphatic carbocycles. The molecular formula is C18H21NO2. The largest absolute Gasteiger partial charge is 0.492 e. The minimum Gasteiger partial charge on any atom is -0.492 e. The molecule has 1 heterocycles. The zero-order valence-corrected chi connectivity index (χ0v) is 12.1. The Balaban J connectivity index is 1.68. The third kappa shape index (κ3) is 3.43. The fourth-order valence-corrected chi connectivity index (χ4v) is 2.77. The molecule has 1 atom stereocenters. The predicted molar refractivity (Wildman–Crippen MR) is 84.3 cm³/mol. The Hall–Kier alpha value is -1.84. The molecule has 2 aromatic rings. The monoisotopic (exact) mass is 283 g/mol. The summed E-state index contributed by atoms with van der Waals surface area (Å²) in [6.45, 7) is 1.89. The van der Waals surface area contributed by atoms with Gasteiger partial charge in [-0.15, -0.1) is 0 Å². The Morgan fingerprint density at radius 2 is 1.90 bits per heavy atom. The molecular weight excluding hydrogens is 262 g/mol. The first-order valence-corrected chi connectivity index (χ1v) is 7.52. The standard InChI is InChI=1S/C18H21NO2/c20-12-15-4-1-2-6-18(15)14-7-9-17(10-8-14)21-13-16-5-3-11-19-16/h1-2,4,6-10,16,19-20H,3,5,11-13H2/t16-/m0/s1. The Morgan fingerprint density at radius 3 is 2.62 bits per heavy atom. The highest BCUT2D eigenvalue weighted by atomic mass is 16.5. The first-order valence-electron chi connectivity index (χ1n) is 7.52. The van der Waals surface area contributed by atoms with Gasteiger partial charge in [0.25, 0.3) is 0 Å². The number of aliphatic hydroxyl groups is 1. The van der Waals surface area contributed by atoms with E-state index in [4.69, 9.17) is 4.74 Å². The maximum atomic E-state index is 9.41. The summed E-state index contributed by atoms with van der Waals surface area (Å²) in [5.74, 6) is 0.897. The van der Waals surface area contributed by atoms with Crippen LogP contribution in [0.25, 0.3) is 11.1 Å². The molecule has 1 aliphatic heterocycles. The van der Waals surface area contributed by atoms with Gasteiger partial charge in [0.1, 0.15) is 12.4 Å². The lowest BCUT2D eigenvalue weighted by Crippen LogP contribution is -2.28. The van der Waals surface area contributed by atoms with E-state index in [0.717, 1.165) is 35.6 Å². The number of nitrogens with one attached hydrogen (secondary N) is 1. The van der Waals surface area contributed by atoms with Crippen LogP contribution in [0.3, 0.4) is 0 Å². The van der Waals surface area contributed by atoms with Gasteiger partial charge in [-0.2, -0.15) is 0 Å². The Kier molecular flexibility index (Phi) is 4.53. The van der Waals surface area contributed by atoms with E-state index in [0.29, 0.717) is 6.04 Å². The smallest absolute Gasteiger partial charge is 0.119 e. The summed E-state index contributed by atoms with van der Waals surface area (Å²) >= 11 is 0. The zero-order valence-electron chi connectivity index (χ0n) is 12.1. The van der Waals surface area contributed by atoms with Crippen LogP contribution in [0.4, 0.5) is 0 Å². The molecule has 1 aliphatic rings. The normalized spacial score (nSPS) is 17.9. The van der Waals surface area contributed by atoms with E-state index in [1.807, 2.05) is 48.5 Å². The average Bonchev–Trinajstić information content (AvgIpc) is 3.07. The number of hydrogen-bond acceptors (Lipinski definition) is 3. The summed E-state index contributed by atoms with van der Waals surface area (Å²) in [7, 11) is 0. The van der Waals surface area contributed by atoms with Crippen LogP contribution >= 0.6 is 0 Å². The second-order valence-electron chi connectivity index (χ2n) is 5.44. The maximum Gasteiger partial charge on any atom is 0.119 e. The summed E-state index contributed by atoms with van der Waals surface area (Å²) in [4.78, 5) is 0. The van der Waals surface area contributed by atoms with Crippen molar-refractivity contribution in [3.05, 3.63) is 54.1 Å². The van der Waals surface area contributed by atoms with Gasteiger partial charge in [0.15, 0.2) is 0 Å². The number of benzene rings is 2. The van der Waals surface area contributed by atoms with E-state index in [1.54, 1.807) is 0 Å². The van der Waals surface area contributed by atoms with Crippen molar-refractivity contribution in [1.29, 1.82) is 0 Å². The Bertz CT molecular complexity index is 574. The van der Waals surface area contributed by atoms with Gasteiger partial charge in [-0.1, -0.05) is 36.4 Å². The lowest BCUT2D eigenvalue weighted by atomic mass is 10.0. The molecule has 0 bridgehead atoms. The van der Waals surface area contributed by atoms with Crippen LogP contribution in [-0.2, 0) is 6.61 Å². The summed E-state index contributed by atoms with van der Waals surface area (Å²) < 4.78 is 5.83. The molecule has 21 heavy (non-hydrogen) atoms. The zero-order chi connectivity index (χ0) is 14.5. The van der Waals surface area contributed by atoms with Crippen molar-refractivity contribution >= 4 is 0 Å². The van der Waals surface area contributed by atoms with E-state index >= 15 is 0 Å². The van der Waals surface area contributed by atoms with Gasteiger partial charge in [-0.3, -0.25) is 0 Å². The topological polar surface area (TPSA) is 41.5 Å². The average molecular weight is 283 g/mol. The number of hydrogen-bond donors (Lipinski definition) is 2. The molecule has 110 valence electrons. The predicted octanol–water partition coefficient (Wildman–Crippen LogP) is 2.98. The number of rotatable bonds is 5. The van der Waals surface area contributed by atoms with Gasteiger partial charge in [-0.25, -0.2) is 0 Å². The third-order valence-corrected chi connectivity index (χ3v) is 3.97. The molecule has 1 fully saturated rings. The van der Waals surface area contributed by atoms with Gasteiger partial charge < -0.3 is 15.2 Å². The Morgan fingerprint density at radius 1 is 1.10 bits per heavy atom. The fourth-order valence-electron chi connectivity index (χ4n) is 2.77. The highest BCUT2D eigenvalue weighted by Gasteiger charge is 2.14. The summed E-state index contributed by atoms with van der Waals surface area (Å²) in [6.07, 6.45) is 2.44. The second kappa shape index (κ2) is 6.74. The van der Waals surface area contributed by atoms with Crippen molar-refractivity contribution in [2.75, 3.05) is 13.2 Å². The van der Waals surface area contributed by atoms with Crippen LogP contribution in [-0.4, -0.2) is 24.3 Å². The van der Waals surface area contributed by atoms with Gasteiger partial charge >= 0.3 is 0 Å². The van der Waals surface area contributed by atoms with Crippen LogP contribution in [0, 0.1) is 0 Å². The van der Waals surface area contributed by atoms with Crippen LogP contribution in [0.2, 0.25) is 0 Å². The number of ether oxygens (including phenoxy) is 1. The van der Waals surface area contributed by atoms with Crippen LogP contribution < -0.4 is 10.1 Å². The van der Waals surface area contributed by atoms with Gasteiger partial charge in [0.05, 0.1) is 6.61 Å². The first-order chi connectivity index (χ1) is 10.4. The van der Waals surface area contributed by atoms with E-state index in [9.17, 15) is 5.11 Å². The van der Waals surface area contributed by atoms with Crippen molar-refractivity contribution in [1.82, 2.24) is 5.32 Å². The van der Waals surface area contributed by atoms with Gasteiger partial charge in [-0.05, 0) is 48.2 Å². The van der Waals surface area contributed by atoms with Crippen LogP contribution in [0.1, 0.15) is 18.4 Å². The fraction of sp³-hybridized carbons (Fsp3) is 0.333. The van der Waals surface area contributed by atoms with Gasteiger partial charge in [0, 0.05) is 6.04 Å². The van der Waals surface area contributed by atoms with E-state index < -0.39 is 0 Å². The van der Waals surface area contributed by atoms with Crippen molar-refractivity contribution < 1.29 is 9.84 Å². The van der Waals surface area contributed by atoms with Crippen LogP contribution in [0.15, 0.2) is 48.5 Å². The number of aliphatic hydroxyl groups excluding tert-OH is 1. The molecule has 0 unspecified atom stereocenters. The van der Waals surface area contributed by atoms with Crippen LogP contribution in [0.5, 0.6) is 5.75 Å². The molecule has 0 radical (unpaired) electrons. The maximum absolute atomic E-state index is 9.41. The SMILES string of the molecule is OCc1ccccc1-c1ccc(OC[C@@H]2CCCN2)cc1. The van der Waals surface area contributed by atoms with Crippen molar-refractivity contribution in [2.24, 2.45) is 0 Å². The molecule has 0 amide bonds. The van der Waals surface area contributed by atoms with Crippen molar-refractivity contribution in [2.45, 2.75) is 25.5 Å². The molecule has 0 spiro atoms. The minimum atomic E-state index is 0.0573. The molecule has 3 nitrogen and oxygen atoms in total. The minimum absolute atomic E-state index is 0.0573. The Labute approximate surface area is 125 Å². The second-order valence-corrected chi connectivity index (χ2v) is 5.44. The van der Waals surface area contributed by atoms with E-state index in [1.165, 1.54) is 12.8 Å². The summed E-state index contributed by atoms with van der Waals surface area (Å²) in [5, 5.41) is 12.8. The molecule has 2 aromatic carbocycles. The molecule has 0 saturated carbocycles. The highest BCUT2D eigenvalue weighted by molar-refractivity contribution is 5.67. The summed E-state index contributed by atoms with van der Waals surface area (Å²) in [5.41, 5.74) is 3.12. The molecule has 1 saturated heterocycles. The molecule has 3 heteroatoms. The van der Waals surface area contributed by atoms with E-state index in [-0.39, 0.29) is 6.61 Å². The molecule has 0 aromatic heterocycles. The lowest BCUT2D eigenvalue weighted by Gasteiger charge is -2.13. The quantitative estimate of drug-likeness (QED) is 0.886. The lowest BCUT2D eigenvalue weighted by molar-refractivity contribution is 0.277. The third-order valence-electron chi connectivity index (χ3n) is 3.97. The summed E-state index contributed by atoms with van der Waals surface area (Å²) in [6, 6.07) is 16.5. The first kappa shape index (κ1) is 14.1. The molecule has 3 rings (SSSR count). The van der Waals surface area contributed by atoms with Crippen molar-refractivity contribution in [3.8, 4) is 16.9 Å². The molecule has 2 N–H and O–H groups in total. The van der Waals surface area contributed by atoms with Crippen molar-refractivity contribution in [3.63, 3.8) is 0 Å². The highest BCUT2D eigenvalue weighted by Crippen LogP contribution is 2.26. The van der Waals surface area contributed by atoms with Gasteiger partial charge in [0.2, 0.25) is 0 Å². The van der Waals surface area contributed by atoms with E-state index in [2.05, 4.69) is 5.32 Å².